The summed E-state index contributed by atoms with van der Waals surface area (Å²) in [5.41, 5.74) is 0. The smallest absolute Gasteiger partial charge is 0.313 e. The van der Waals surface area contributed by atoms with Gasteiger partial charge in [0.15, 0.2) is 0 Å². The van der Waals surface area contributed by atoms with Gasteiger partial charge >= 0.3 is 5.97 Å². The molecule has 2 bridgehead atoms. The van der Waals surface area contributed by atoms with Crippen LogP contribution in [-0.2, 0) is 25.1 Å². The number of hydrogen-bond acceptors (Lipinski definition) is 4. The van der Waals surface area contributed by atoms with Gasteiger partial charge in [0.05, 0.1) is 22.8 Å². The van der Waals surface area contributed by atoms with Gasteiger partial charge in [0, 0.05) is 10.8 Å². The lowest BCUT2D eigenvalue weighted by Crippen LogP contribution is -2.54. The highest BCUT2D eigenvalue weighted by Gasteiger charge is 2.73. The van der Waals surface area contributed by atoms with Gasteiger partial charge in [0.2, 0.25) is 6.29 Å². The van der Waals surface area contributed by atoms with E-state index >= 15 is 0 Å². The van der Waals surface area contributed by atoms with E-state index in [2.05, 4.69) is 32.9 Å². The van der Waals surface area contributed by atoms with Crippen LogP contribution >= 0.6 is 0 Å². The quantitative estimate of drug-likeness (QED) is 0.503. The van der Waals surface area contributed by atoms with E-state index in [0.29, 0.717) is 17.8 Å². The predicted octanol–water partition coefficient (Wildman–Crippen LogP) is 4.72. The Bertz CT molecular complexity index is 865. The molecule has 30 heavy (non-hydrogen) atoms. The average Bonchev–Trinajstić information content (AvgIpc) is 3.40. The molecule has 162 valence electrons. The Morgan fingerprint density at radius 2 is 1.90 bits per heavy atom. The molecule has 0 spiro atoms. The number of fused-ring (bicyclic) bond motifs is 5. The number of allylic oxidation sites excluding steroid dienone is 2. The fraction of sp³-hybridized carbons (Fsp3) is 0.640. The normalized spacial score (nSPS) is 43.1. The molecule has 5 rings (SSSR count). The molecule has 0 radical (unpaired) electrons. The van der Waals surface area contributed by atoms with Crippen molar-refractivity contribution in [3.05, 3.63) is 42.5 Å². The Labute approximate surface area is 181 Å². The molecule has 1 heterocycles. The standard InChI is InChI=1S/C25H32O4S/c1-15(2)20-12-9-16(3)13-21(20)28-24-25(30(27)19-7-5-4-6-8-19)18-11-10-17(14-18)22(25)23(26)29-24/h4-8,10-11,15-18,20-22,24H,9,12-14H2,1-3H3/t16-,17-,18+,20+,21-,22+,24+,25-,30?/m1/s1. The maximum Gasteiger partial charge on any atom is 0.313 e. The van der Waals surface area contributed by atoms with Crippen molar-refractivity contribution in [2.45, 2.75) is 68.5 Å². The molecule has 3 aliphatic carbocycles. The molecule has 1 unspecified atom stereocenters. The molecule has 5 heteroatoms. The van der Waals surface area contributed by atoms with Crippen LogP contribution in [0, 0.1) is 35.5 Å². The van der Waals surface area contributed by atoms with Crippen molar-refractivity contribution in [3.8, 4) is 0 Å². The monoisotopic (exact) mass is 428 g/mol. The second-order valence-corrected chi connectivity index (χ2v) is 11.8. The lowest BCUT2D eigenvalue weighted by Gasteiger charge is -2.42. The third-order valence-electron chi connectivity index (χ3n) is 7.99. The molecule has 0 N–H and O–H groups in total. The Morgan fingerprint density at radius 3 is 2.63 bits per heavy atom. The summed E-state index contributed by atoms with van der Waals surface area (Å²) < 4.78 is 25.9. The van der Waals surface area contributed by atoms with Gasteiger partial charge in [-0.2, -0.15) is 0 Å². The molecule has 1 aromatic carbocycles. The number of ether oxygens (including phenoxy) is 2. The van der Waals surface area contributed by atoms with Crippen LogP contribution in [0.3, 0.4) is 0 Å². The Morgan fingerprint density at radius 1 is 1.13 bits per heavy atom. The minimum atomic E-state index is -1.39. The molecule has 1 aliphatic heterocycles. The maximum absolute atomic E-state index is 14.1. The molecule has 4 nitrogen and oxygen atoms in total. The van der Waals surface area contributed by atoms with Crippen molar-refractivity contribution < 1.29 is 18.5 Å². The average molecular weight is 429 g/mol. The van der Waals surface area contributed by atoms with Crippen LogP contribution in [0.25, 0.3) is 0 Å². The van der Waals surface area contributed by atoms with E-state index in [4.69, 9.17) is 9.47 Å². The first-order valence-corrected chi connectivity index (χ1v) is 12.6. The minimum Gasteiger partial charge on any atom is -0.434 e. The van der Waals surface area contributed by atoms with Crippen molar-refractivity contribution in [2.75, 3.05) is 0 Å². The van der Waals surface area contributed by atoms with E-state index < -0.39 is 21.8 Å². The number of carbonyl (C=O) groups is 1. The first-order valence-electron chi connectivity index (χ1n) is 11.4. The lowest BCUT2D eigenvalue weighted by molar-refractivity contribution is -0.194. The largest absolute Gasteiger partial charge is 0.434 e. The number of cyclic esters (lactones) is 1. The number of benzene rings is 1. The van der Waals surface area contributed by atoms with Gasteiger partial charge in [-0.1, -0.05) is 57.5 Å². The zero-order valence-electron chi connectivity index (χ0n) is 18.0. The first kappa shape index (κ1) is 20.4. The molecule has 2 saturated carbocycles. The molecule has 0 amide bonds. The van der Waals surface area contributed by atoms with Crippen LogP contribution in [0.1, 0.15) is 46.5 Å². The molecule has 0 aromatic heterocycles. The van der Waals surface area contributed by atoms with Crippen LogP contribution in [0.2, 0.25) is 0 Å². The molecule has 4 aliphatic rings. The summed E-state index contributed by atoms with van der Waals surface area (Å²) in [5, 5.41) is 0. The van der Waals surface area contributed by atoms with E-state index in [9.17, 15) is 9.00 Å². The zero-order valence-corrected chi connectivity index (χ0v) is 18.8. The summed E-state index contributed by atoms with van der Waals surface area (Å²) >= 11 is 0. The molecular weight excluding hydrogens is 396 g/mol. The number of esters is 1. The van der Waals surface area contributed by atoms with Gasteiger partial charge in [-0.25, -0.2) is 0 Å². The summed E-state index contributed by atoms with van der Waals surface area (Å²) in [6.45, 7) is 6.77. The summed E-state index contributed by atoms with van der Waals surface area (Å²) in [6.07, 6.45) is 7.76. The van der Waals surface area contributed by atoms with Gasteiger partial charge in [-0.15, -0.1) is 0 Å². The van der Waals surface area contributed by atoms with E-state index in [0.717, 1.165) is 24.2 Å². The lowest BCUT2D eigenvalue weighted by atomic mass is 9.75. The number of carbonyl (C=O) groups excluding carboxylic acids is 1. The summed E-state index contributed by atoms with van der Waals surface area (Å²) in [6, 6.07) is 9.55. The molecule has 9 atom stereocenters. The predicted molar refractivity (Wildman–Crippen MR) is 116 cm³/mol. The first-order chi connectivity index (χ1) is 14.4. The molecule has 1 aromatic rings. The summed E-state index contributed by atoms with van der Waals surface area (Å²) in [5.74, 6) is 1.08. The topological polar surface area (TPSA) is 52.6 Å². The second kappa shape index (κ2) is 7.59. The summed E-state index contributed by atoms with van der Waals surface area (Å²) in [4.78, 5) is 13.8. The van der Waals surface area contributed by atoms with Gasteiger partial charge in [0.25, 0.3) is 0 Å². The zero-order chi connectivity index (χ0) is 21.0. The highest BCUT2D eigenvalue weighted by molar-refractivity contribution is 7.86. The van der Waals surface area contributed by atoms with Crippen LogP contribution in [0.5, 0.6) is 0 Å². The van der Waals surface area contributed by atoms with Gasteiger partial charge in [0.1, 0.15) is 4.75 Å². The molecular formula is C25H32O4S. The van der Waals surface area contributed by atoms with E-state index in [-0.39, 0.29) is 29.8 Å². The highest BCUT2D eigenvalue weighted by Crippen LogP contribution is 2.61. The van der Waals surface area contributed by atoms with Gasteiger partial charge < -0.3 is 9.47 Å². The van der Waals surface area contributed by atoms with Crippen molar-refractivity contribution in [1.82, 2.24) is 0 Å². The van der Waals surface area contributed by atoms with Gasteiger partial charge in [-0.05, 0) is 55.1 Å². The van der Waals surface area contributed by atoms with Crippen LogP contribution in [-0.4, -0.2) is 27.3 Å². The Hall–Kier alpha value is -1.46. The third kappa shape index (κ3) is 2.96. The van der Waals surface area contributed by atoms with Crippen LogP contribution in [0.4, 0.5) is 0 Å². The fourth-order valence-corrected chi connectivity index (χ4v) is 8.52. The number of hydrogen-bond donors (Lipinski definition) is 0. The van der Waals surface area contributed by atoms with Gasteiger partial charge in [-0.3, -0.25) is 9.00 Å². The van der Waals surface area contributed by atoms with E-state index in [1.807, 2.05) is 30.3 Å². The van der Waals surface area contributed by atoms with Crippen molar-refractivity contribution in [2.24, 2.45) is 35.5 Å². The van der Waals surface area contributed by atoms with Crippen molar-refractivity contribution in [1.29, 1.82) is 0 Å². The maximum atomic E-state index is 14.1. The Kier molecular flexibility index (Phi) is 5.18. The SMILES string of the molecule is CC(C)[C@@H]1CC[C@@H](C)C[C@H]1O[C@H]1OC(=O)[C@@H]2[C@@H]3C=C[C@@H](C3)[C@]12S(=O)c1ccccc1. The third-order valence-corrected chi connectivity index (χ3v) is 10.1. The van der Waals surface area contributed by atoms with Crippen molar-refractivity contribution in [3.63, 3.8) is 0 Å². The van der Waals surface area contributed by atoms with E-state index in [1.54, 1.807) is 0 Å². The van der Waals surface area contributed by atoms with Crippen molar-refractivity contribution >= 4 is 16.8 Å². The second-order valence-electron chi connectivity index (χ2n) is 10.1. The van der Waals surface area contributed by atoms with E-state index in [1.165, 1.54) is 6.42 Å². The Balaban J connectivity index is 1.53. The minimum absolute atomic E-state index is 0.0399. The number of rotatable bonds is 5. The highest BCUT2D eigenvalue weighted by atomic mass is 32.2. The molecule has 3 fully saturated rings. The van der Waals surface area contributed by atoms with Crippen LogP contribution < -0.4 is 0 Å². The summed E-state index contributed by atoms with van der Waals surface area (Å²) in [7, 11) is -1.39. The fourth-order valence-electron chi connectivity index (χ4n) is 6.48. The van der Waals surface area contributed by atoms with Crippen LogP contribution in [0.15, 0.2) is 47.4 Å². The molecule has 1 saturated heterocycles.